The van der Waals surface area contributed by atoms with E-state index in [9.17, 15) is 4.79 Å². The SMILES string of the molecule is CCOC(=O)CC[SiH3]. The molecule has 0 saturated carbocycles. The van der Waals surface area contributed by atoms with Crippen molar-refractivity contribution in [1.82, 2.24) is 0 Å². The van der Waals surface area contributed by atoms with Crippen LogP contribution in [0.2, 0.25) is 6.04 Å². The lowest BCUT2D eigenvalue weighted by Crippen LogP contribution is -2.02. The van der Waals surface area contributed by atoms with E-state index in [1.165, 1.54) is 0 Å². The summed E-state index contributed by atoms with van der Waals surface area (Å²) >= 11 is 0. The van der Waals surface area contributed by atoms with Crippen molar-refractivity contribution in [3.05, 3.63) is 0 Å². The van der Waals surface area contributed by atoms with Crippen LogP contribution in [0.3, 0.4) is 0 Å². The van der Waals surface area contributed by atoms with Crippen molar-refractivity contribution in [3.63, 3.8) is 0 Å². The monoisotopic (exact) mass is 132 g/mol. The minimum Gasteiger partial charge on any atom is -0.466 e. The molecule has 0 aromatic heterocycles. The molecule has 8 heavy (non-hydrogen) atoms. The standard InChI is InChI=1S/C5H12O2Si/c1-2-7-5(6)3-4-8/h2-4H2,1,8H3. The van der Waals surface area contributed by atoms with Gasteiger partial charge in [-0.05, 0) is 6.92 Å². The zero-order chi connectivity index (χ0) is 6.41. The third kappa shape index (κ3) is 3.86. The van der Waals surface area contributed by atoms with E-state index in [0.717, 1.165) is 16.3 Å². The van der Waals surface area contributed by atoms with Crippen LogP contribution in [-0.2, 0) is 9.53 Å². The van der Waals surface area contributed by atoms with E-state index in [2.05, 4.69) is 4.74 Å². The maximum Gasteiger partial charge on any atom is 0.305 e. The number of rotatable bonds is 3. The lowest BCUT2D eigenvalue weighted by atomic mass is 10.5. The molecule has 0 amide bonds. The molecule has 0 radical (unpaired) electrons. The first-order chi connectivity index (χ1) is 3.81. The molecule has 0 heterocycles. The van der Waals surface area contributed by atoms with Gasteiger partial charge in [-0.15, -0.1) is 0 Å². The van der Waals surface area contributed by atoms with E-state index < -0.39 is 0 Å². The molecule has 0 aromatic carbocycles. The molecule has 2 nitrogen and oxygen atoms in total. The van der Waals surface area contributed by atoms with E-state index in [-0.39, 0.29) is 5.97 Å². The van der Waals surface area contributed by atoms with Crippen LogP contribution in [0.1, 0.15) is 13.3 Å². The molecule has 0 aliphatic heterocycles. The first-order valence-corrected chi connectivity index (χ1v) is 4.38. The second-order valence-electron chi connectivity index (χ2n) is 1.56. The lowest BCUT2D eigenvalue weighted by Gasteiger charge is -1.96. The summed E-state index contributed by atoms with van der Waals surface area (Å²) in [4.78, 5) is 10.4. The zero-order valence-electron chi connectivity index (χ0n) is 5.44. The molecule has 0 aliphatic rings. The number of ether oxygens (including phenoxy) is 1. The first kappa shape index (κ1) is 7.69. The maximum atomic E-state index is 10.4. The summed E-state index contributed by atoms with van der Waals surface area (Å²) in [6.45, 7) is 2.34. The Balaban J connectivity index is 3.06. The summed E-state index contributed by atoms with van der Waals surface area (Å²) in [5.41, 5.74) is 0. The Morgan fingerprint density at radius 1 is 1.75 bits per heavy atom. The van der Waals surface area contributed by atoms with E-state index in [1.54, 1.807) is 0 Å². The molecule has 0 fully saturated rings. The highest BCUT2D eigenvalue weighted by atomic mass is 28.1. The fourth-order valence-electron chi connectivity index (χ4n) is 0.437. The molecule has 0 unspecified atom stereocenters. The zero-order valence-corrected chi connectivity index (χ0v) is 7.44. The molecule has 48 valence electrons. The van der Waals surface area contributed by atoms with Crippen LogP contribution in [0, 0.1) is 0 Å². The third-order valence-corrected chi connectivity index (χ3v) is 1.26. The van der Waals surface area contributed by atoms with Gasteiger partial charge in [0.2, 0.25) is 0 Å². The Kier molecular flexibility index (Phi) is 4.65. The van der Waals surface area contributed by atoms with Crippen LogP contribution in [0.15, 0.2) is 0 Å². The van der Waals surface area contributed by atoms with Crippen molar-refractivity contribution in [1.29, 1.82) is 0 Å². The van der Waals surface area contributed by atoms with Gasteiger partial charge in [0, 0.05) is 16.7 Å². The maximum absolute atomic E-state index is 10.4. The van der Waals surface area contributed by atoms with Gasteiger partial charge >= 0.3 is 5.97 Å². The van der Waals surface area contributed by atoms with Gasteiger partial charge in [0.15, 0.2) is 0 Å². The van der Waals surface area contributed by atoms with E-state index >= 15 is 0 Å². The number of hydrogen-bond acceptors (Lipinski definition) is 2. The summed E-state index contributed by atoms with van der Waals surface area (Å²) in [6, 6.07) is 1.01. The molecule has 0 bridgehead atoms. The van der Waals surface area contributed by atoms with Crippen LogP contribution in [-0.4, -0.2) is 22.8 Å². The quantitative estimate of drug-likeness (QED) is 0.390. The van der Waals surface area contributed by atoms with Gasteiger partial charge in [0.1, 0.15) is 0 Å². The highest BCUT2D eigenvalue weighted by Crippen LogP contribution is 1.87. The summed E-state index contributed by atoms with van der Waals surface area (Å²) in [5.74, 6) is -0.0532. The molecule has 0 atom stereocenters. The summed E-state index contributed by atoms with van der Waals surface area (Å²) in [6.07, 6.45) is 0.611. The van der Waals surface area contributed by atoms with Gasteiger partial charge in [-0.3, -0.25) is 4.79 Å². The summed E-state index contributed by atoms with van der Waals surface area (Å²) in [7, 11) is 1.09. The largest absolute Gasteiger partial charge is 0.466 e. The van der Waals surface area contributed by atoms with E-state index in [0.29, 0.717) is 13.0 Å². The van der Waals surface area contributed by atoms with Gasteiger partial charge in [-0.25, -0.2) is 0 Å². The van der Waals surface area contributed by atoms with Gasteiger partial charge in [0.05, 0.1) is 6.61 Å². The molecule has 0 rings (SSSR count). The second-order valence-corrected chi connectivity index (χ2v) is 2.56. The van der Waals surface area contributed by atoms with Crippen LogP contribution in [0.5, 0.6) is 0 Å². The Hall–Kier alpha value is -0.313. The van der Waals surface area contributed by atoms with Gasteiger partial charge in [-0.2, -0.15) is 0 Å². The molecular formula is C5H12O2Si. The topological polar surface area (TPSA) is 26.3 Å². The second kappa shape index (κ2) is 4.84. The number of hydrogen-bond donors (Lipinski definition) is 0. The first-order valence-electron chi connectivity index (χ1n) is 2.96. The normalized spacial score (nSPS) is 9.12. The fourth-order valence-corrected chi connectivity index (χ4v) is 0.846. The predicted octanol–water partition coefficient (Wildman–Crippen LogP) is -0.277. The predicted molar refractivity (Wildman–Crippen MR) is 36.0 cm³/mol. The summed E-state index contributed by atoms with van der Waals surface area (Å²) < 4.78 is 4.67. The minimum absolute atomic E-state index is 0.0532. The number of esters is 1. The van der Waals surface area contributed by atoms with Crippen molar-refractivity contribution < 1.29 is 9.53 Å². The molecule has 3 heteroatoms. The molecule has 0 aliphatic carbocycles. The molecular weight excluding hydrogens is 120 g/mol. The molecule has 0 spiro atoms. The Bertz CT molecular complexity index is 64.8. The van der Waals surface area contributed by atoms with E-state index in [1.807, 2.05) is 6.92 Å². The highest BCUT2D eigenvalue weighted by molar-refractivity contribution is 6.09. The minimum atomic E-state index is -0.0532. The fraction of sp³-hybridized carbons (Fsp3) is 0.800. The van der Waals surface area contributed by atoms with Crippen molar-refractivity contribution in [3.8, 4) is 0 Å². The van der Waals surface area contributed by atoms with Crippen molar-refractivity contribution in [2.24, 2.45) is 0 Å². The smallest absolute Gasteiger partial charge is 0.305 e. The molecule has 0 aromatic rings. The van der Waals surface area contributed by atoms with Crippen molar-refractivity contribution >= 4 is 16.2 Å². The number of carbonyl (C=O) groups excluding carboxylic acids is 1. The van der Waals surface area contributed by atoms with Gasteiger partial charge < -0.3 is 4.74 Å². The highest BCUT2D eigenvalue weighted by Gasteiger charge is 1.95. The van der Waals surface area contributed by atoms with Crippen molar-refractivity contribution in [2.75, 3.05) is 6.61 Å². The average Bonchev–Trinajstić information content (AvgIpc) is 1.68. The van der Waals surface area contributed by atoms with Crippen LogP contribution in [0.25, 0.3) is 0 Å². The summed E-state index contributed by atoms with van der Waals surface area (Å²) in [5, 5.41) is 0. The Morgan fingerprint density at radius 3 is 2.75 bits per heavy atom. The lowest BCUT2D eigenvalue weighted by molar-refractivity contribution is -0.142. The molecule has 0 N–H and O–H groups in total. The average molecular weight is 132 g/mol. The molecule has 0 saturated heterocycles. The van der Waals surface area contributed by atoms with Crippen LogP contribution < -0.4 is 0 Å². The van der Waals surface area contributed by atoms with Gasteiger partial charge in [0.25, 0.3) is 0 Å². The number of carbonyl (C=O) groups is 1. The Morgan fingerprint density at radius 2 is 2.38 bits per heavy atom. The van der Waals surface area contributed by atoms with E-state index in [4.69, 9.17) is 0 Å². The third-order valence-electron chi connectivity index (χ3n) is 0.759. The van der Waals surface area contributed by atoms with Gasteiger partial charge in [-0.1, -0.05) is 6.04 Å². The Labute approximate surface area is 52.6 Å². The van der Waals surface area contributed by atoms with Crippen molar-refractivity contribution in [2.45, 2.75) is 19.4 Å². The van der Waals surface area contributed by atoms with Crippen LogP contribution >= 0.6 is 0 Å². The van der Waals surface area contributed by atoms with Crippen LogP contribution in [0.4, 0.5) is 0 Å².